The van der Waals surface area contributed by atoms with E-state index >= 15 is 0 Å². The smallest absolute Gasteiger partial charge is 0.407 e. The summed E-state index contributed by atoms with van der Waals surface area (Å²) in [5, 5.41) is 23.7. The highest BCUT2D eigenvalue weighted by Gasteiger charge is 2.44. The molecule has 1 fully saturated rings. The van der Waals surface area contributed by atoms with Gasteiger partial charge in [0.15, 0.2) is 6.29 Å². The number of aliphatic hydroxyl groups is 1. The number of rotatable bonds is 37. The van der Waals surface area contributed by atoms with Crippen LogP contribution >= 0.6 is 0 Å². The first-order valence-corrected chi connectivity index (χ1v) is 29.9. The zero-order valence-electron chi connectivity index (χ0n) is 53.7. The van der Waals surface area contributed by atoms with Gasteiger partial charge >= 0.3 is 12.1 Å². The number of esters is 1. The quantitative estimate of drug-likeness (QED) is 0.0311. The molecule has 23 heteroatoms. The Balaban J connectivity index is 2.10. The summed E-state index contributed by atoms with van der Waals surface area (Å²) >= 11 is 0. The summed E-state index contributed by atoms with van der Waals surface area (Å²) in [6.45, 7) is 22.4. The maximum atomic E-state index is 14.5. The SMILES string of the molecule is CC[C@@H](C)[C@H]([C@H](CC(=O)N1CCC[C@@H]1[C@@H](OC)[C@H](C)C(=O)N[C@H](Cc1ccccc1)C(=O)NCCCOC(=O)[C@H](NC(=O)CCNC(=O)OCC(OC)OC(CO)C(C)(C)C)C(C)C)OC)N(C)C(=O)[C@H](NC(=O)[C@@H](C(C)C)N(C)C)C(C)C. The molecular weight excluding hydrogens is 1080 g/mol. The normalized spacial score (nSPS) is 17.7. The molecule has 0 bridgehead atoms. The highest BCUT2D eigenvalue weighted by atomic mass is 16.7. The maximum absolute atomic E-state index is 14.5. The Kier molecular flexibility index (Phi) is 33.0. The molecule has 2 rings (SSSR count). The highest BCUT2D eigenvalue weighted by Crippen LogP contribution is 2.30. The lowest BCUT2D eigenvalue weighted by atomic mass is 9.89. The maximum Gasteiger partial charge on any atom is 0.407 e. The van der Waals surface area contributed by atoms with E-state index in [4.69, 9.17) is 28.4 Å². The topological polar surface area (TPSA) is 282 Å². The lowest BCUT2D eigenvalue weighted by molar-refractivity contribution is -0.203. The van der Waals surface area contributed by atoms with Crippen LogP contribution in [0.15, 0.2) is 30.3 Å². The summed E-state index contributed by atoms with van der Waals surface area (Å²) in [6.07, 6.45) is -1.71. The van der Waals surface area contributed by atoms with Crippen LogP contribution in [0, 0.1) is 35.0 Å². The summed E-state index contributed by atoms with van der Waals surface area (Å²) in [5.41, 5.74) is 0.403. The molecule has 0 radical (unpaired) electrons. The summed E-state index contributed by atoms with van der Waals surface area (Å²) in [5.74, 6) is -4.33. The van der Waals surface area contributed by atoms with E-state index in [1.54, 1.807) is 37.6 Å². The Hall–Kier alpha value is -5.46. The summed E-state index contributed by atoms with van der Waals surface area (Å²) < 4.78 is 33.8. The second-order valence-corrected chi connectivity index (χ2v) is 24.4. The minimum absolute atomic E-state index is 0.00239. The van der Waals surface area contributed by atoms with Gasteiger partial charge in [-0.3, -0.25) is 33.7 Å². The first-order chi connectivity index (χ1) is 39.5. The van der Waals surface area contributed by atoms with Gasteiger partial charge in [-0.2, -0.15) is 0 Å². The molecule has 6 N–H and O–H groups in total. The van der Waals surface area contributed by atoms with E-state index < -0.39 is 102 Å². The third-order valence-corrected chi connectivity index (χ3v) is 15.6. The van der Waals surface area contributed by atoms with Crippen molar-refractivity contribution >= 4 is 47.5 Å². The van der Waals surface area contributed by atoms with Crippen LogP contribution in [-0.4, -0.2) is 210 Å². The number of carbonyl (C=O) groups is 8. The molecular formula is C61H106N8O15. The van der Waals surface area contributed by atoms with Gasteiger partial charge in [-0.1, -0.05) is 120 Å². The number of hydrogen-bond acceptors (Lipinski definition) is 16. The largest absolute Gasteiger partial charge is 0.464 e. The first kappa shape index (κ1) is 74.6. The Bertz CT molecular complexity index is 2190. The molecule has 1 aromatic carbocycles. The van der Waals surface area contributed by atoms with Crippen LogP contribution in [0.2, 0.25) is 0 Å². The number of nitrogens with zero attached hydrogens (tertiary/aromatic N) is 3. The molecule has 480 valence electrons. The van der Waals surface area contributed by atoms with E-state index in [0.717, 1.165) is 5.56 Å². The van der Waals surface area contributed by atoms with E-state index in [1.807, 2.05) is 112 Å². The number of likely N-dealkylation sites (tertiary alicyclic amines) is 1. The molecule has 0 aromatic heterocycles. The van der Waals surface area contributed by atoms with Gasteiger partial charge < -0.3 is 69.9 Å². The van der Waals surface area contributed by atoms with Gasteiger partial charge in [0.25, 0.3) is 0 Å². The fourth-order valence-electron chi connectivity index (χ4n) is 10.5. The van der Waals surface area contributed by atoms with Crippen LogP contribution in [0.5, 0.6) is 0 Å². The van der Waals surface area contributed by atoms with Gasteiger partial charge in [0.2, 0.25) is 35.4 Å². The fourth-order valence-corrected chi connectivity index (χ4v) is 10.5. The summed E-state index contributed by atoms with van der Waals surface area (Å²) in [4.78, 5) is 114. The zero-order chi connectivity index (χ0) is 63.6. The number of likely N-dealkylation sites (N-methyl/N-ethyl adjacent to an activating group) is 2. The van der Waals surface area contributed by atoms with Gasteiger partial charge in [-0.25, -0.2) is 9.59 Å². The van der Waals surface area contributed by atoms with Crippen molar-refractivity contribution in [2.45, 2.75) is 189 Å². The lowest BCUT2D eigenvalue weighted by Gasteiger charge is -2.41. The van der Waals surface area contributed by atoms with Crippen molar-refractivity contribution in [3.05, 3.63) is 35.9 Å². The number of ether oxygens (including phenoxy) is 6. The summed E-state index contributed by atoms with van der Waals surface area (Å²) in [6, 6.07) is 4.93. The molecule has 84 heavy (non-hydrogen) atoms. The van der Waals surface area contributed by atoms with Gasteiger partial charge in [-0.15, -0.1) is 0 Å². The van der Waals surface area contributed by atoms with Gasteiger partial charge in [0, 0.05) is 60.9 Å². The van der Waals surface area contributed by atoms with Crippen LogP contribution in [0.1, 0.15) is 127 Å². The number of alkyl carbamates (subject to hydrolysis) is 1. The number of aliphatic hydroxyl groups excluding tert-OH is 1. The second kappa shape index (κ2) is 37.2. The summed E-state index contributed by atoms with van der Waals surface area (Å²) in [7, 11) is 9.78. The van der Waals surface area contributed by atoms with Crippen LogP contribution in [0.25, 0.3) is 0 Å². The first-order valence-electron chi connectivity index (χ1n) is 29.9. The Morgan fingerprint density at radius 2 is 1.40 bits per heavy atom. The average Bonchev–Trinajstić information content (AvgIpc) is 3.96. The van der Waals surface area contributed by atoms with Crippen molar-refractivity contribution in [1.82, 2.24) is 41.3 Å². The predicted molar refractivity (Wildman–Crippen MR) is 319 cm³/mol. The predicted octanol–water partition coefficient (Wildman–Crippen LogP) is 4.06. The lowest BCUT2D eigenvalue weighted by Crippen LogP contribution is -2.59. The van der Waals surface area contributed by atoms with Crippen molar-refractivity contribution in [3.63, 3.8) is 0 Å². The Labute approximate surface area is 500 Å². The number of carbonyl (C=O) groups excluding carboxylic acids is 8. The number of amides is 7. The Morgan fingerprint density at radius 3 is 1.94 bits per heavy atom. The molecule has 1 aliphatic heterocycles. The van der Waals surface area contributed by atoms with Crippen LogP contribution < -0.4 is 26.6 Å². The van der Waals surface area contributed by atoms with E-state index in [1.165, 1.54) is 21.3 Å². The standard InChI is InChI=1S/C61H106N8O15/c1-19-40(8)53(68(15)58(76)50(37(2)3)66-57(75)52(39(6)7)67(13)14)45(79-16)34-48(72)69-31-23-27-44(69)54(81-18)41(9)55(73)64-43(33-42-25-21-20-22-26-42)56(74)62-29-24-32-82-59(77)51(38(4)5)65-47(71)28-30-63-60(78)83-36-49(80-17)84-46(35-70)61(10,11)12/h20-22,25-26,37-41,43-46,49-54,70H,19,23-24,27-36H2,1-18H3,(H,62,74)(H,63,78)(H,64,73)(H,65,71)(H,66,75)/t40-,41+,43-,44-,45+,46?,49?,50-,51-,52-,53-,54+/m1/s1. The average molecular weight is 1190 g/mol. The van der Waals surface area contributed by atoms with Gasteiger partial charge in [0.1, 0.15) is 24.7 Å². The molecule has 0 saturated carbocycles. The Morgan fingerprint density at radius 1 is 0.762 bits per heavy atom. The molecule has 2 unspecified atom stereocenters. The van der Waals surface area contributed by atoms with Crippen molar-refractivity contribution in [2.75, 3.05) is 81.9 Å². The molecule has 12 atom stereocenters. The number of nitrogens with one attached hydrogen (secondary N) is 5. The van der Waals surface area contributed by atoms with Crippen LogP contribution in [-0.2, 0) is 68.4 Å². The van der Waals surface area contributed by atoms with Crippen molar-refractivity contribution in [2.24, 2.45) is 35.0 Å². The van der Waals surface area contributed by atoms with E-state index in [0.29, 0.717) is 25.8 Å². The molecule has 23 nitrogen and oxygen atoms in total. The molecule has 7 amide bonds. The van der Waals surface area contributed by atoms with Crippen molar-refractivity contribution in [1.29, 1.82) is 0 Å². The van der Waals surface area contributed by atoms with Gasteiger partial charge in [0.05, 0.1) is 62.0 Å². The molecule has 1 aromatic rings. The zero-order valence-corrected chi connectivity index (χ0v) is 53.7. The number of hydrogen-bond donors (Lipinski definition) is 6. The number of methoxy groups -OCH3 is 3. The van der Waals surface area contributed by atoms with E-state index in [9.17, 15) is 43.5 Å². The van der Waals surface area contributed by atoms with E-state index in [-0.39, 0.29) is 100.0 Å². The third-order valence-electron chi connectivity index (χ3n) is 15.6. The third kappa shape index (κ3) is 23.8. The molecule has 0 aliphatic carbocycles. The molecule has 1 heterocycles. The number of benzene rings is 1. The highest BCUT2D eigenvalue weighted by molar-refractivity contribution is 5.91. The van der Waals surface area contributed by atoms with Crippen LogP contribution in [0.3, 0.4) is 0 Å². The van der Waals surface area contributed by atoms with Crippen molar-refractivity contribution < 1.29 is 71.9 Å². The fraction of sp³-hybridized carbons (Fsp3) is 0.770. The van der Waals surface area contributed by atoms with Crippen LogP contribution in [0.4, 0.5) is 4.79 Å². The molecule has 0 spiro atoms. The molecule has 1 saturated heterocycles. The minimum atomic E-state index is -1.01. The molecule has 1 aliphatic rings. The second-order valence-electron chi connectivity index (χ2n) is 24.4. The van der Waals surface area contributed by atoms with Gasteiger partial charge in [-0.05, 0) is 68.0 Å². The monoisotopic (exact) mass is 1190 g/mol. The van der Waals surface area contributed by atoms with Crippen molar-refractivity contribution in [3.8, 4) is 0 Å². The van der Waals surface area contributed by atoms with E-state index in [2.05, 4.69) is 26.6 Å². The minimum Gasteiger partial charge on any atom is -0.464 e.